The summed E-state index contributed by atoms with van der Waals surface area (Å²) < 4.78 is 0. The van der Waals surface area contributed by atoms with Crippen LogP contribution < -0.4 is 0 Å². The van der Waals surface area contributed by atoms with Gasteiger partial charge in [0.1, 0.15) is 11.3 Å². The molecule has 3 rings (SSSR count). The van der Waals surface area contributed by atoms with Gasteiger partial charge in [-0.2, -0.15) is 0 Å². The van der Waals surface area contributed by atoms with Gasteiger partial charge in [-0.15, -0.1) is 0 Å². The van der Waals surface area contributed by atoms with Gasteiger partial charge < -0.3 is 20.2 Å². The second-order valence-electron chi connectivity index (χ2n) is 9.94. The predicted octanol–water partition coefficient (Wildman–Crippen LogP) is 3.25. The molecule has 1 heterocycles. The molecule has 7 nitrogen and oxygen atoms in total. The number of aliphatic hydroxyl groups excluding tert-OH is 1. The Morgan fingerprint density at radius 3 is 2.50 bits per heavy atom. The quantitative estimate of drug-likeness (QED) is 0.250. The summed E-state index contributed by atoms with van der Waals surface area (Å²) in [5.41, 5.74) is -2.50. The summed E-state index contributed by atoms with van der Waals surface area (Å²) in [6, 6.07) is -1.14. The second-order valence-corrected chi connectivity index (χ2v) is 9.94. The van der Waals surface area contributed by atoms with Crippen molar-refractivity contribution in [3.05, 3.63) is 35.6 Å². The van der Waals surface area contributed by atoms with Crippen LogP contribution in [-0.2, 0) is 14.4 Å². The third-order valence-electron chi connectivity index (χ3n) is 7.75. The van der Waals surface area contributed by atoms with Crippen LogP contribution in [0.3, 0.4) is 0 Å². The van der Waals surface area contributed by atoms with Crippen molar-refractivity contribution >= 4 is 17.7 Å². The number of likely N-dealkylation sites (N-methyl/N-ethyl adjacent to an activating group) is 1. The van der Waals surface area contributed by atoms with Crippen molar-refractivity contribution in [3.8, 4) is 0 Å². The first-order chi connectivity index (χ1) is 15.0. The SMILES string of the molecule is CC1C=CC2CCCCC2C1C=CC(O)=C1C(=O)C(CC(O)(C(=O)O)C(C)C)N(C)C1=O. The predicted molar refractivity (Wildman–Crippen MR) is 120 cm³/mol. The van der Waals surface area contributed by atoms with Crippen LogP contribution in [0.5, 0.6) is 0 Å². The number of aliphatic hydroxyl groups is 2. The van der Waals surface area contributed by atoms with Crippen LogP contribution >= 0.6 is 0 Å². The molecule has 0 aromatic carbocycles. The number of fused-ring (bicyclic) bond motifs is 1. The fourth-order valence-corrected chi connectivity index (χ4v) is 5.44. The minimum Gasteiger partial charge on any atom is -0.507 e. The minimum atomic E-state index is -2.16. The summed E-state index contributed by atoms with van der Waals surface area (Å²) in [5, 5.41) is 30.8. The van der Waals surface area contributed by atoms with Crippen molar-refractivity contribution < 1.29 is 29.7 Å². The maximum absolute atomic E-state index is 13.0. The highest BCUT2D eigenvalue weighted by molar-refractivity contribution is 6.27. The van der Waals surface area contributed by atoms with Gasteiger partial charge in [0.25, 0.3) is 5.91 Å². The number of carboxylic acid groups (broad SMARTS) is 1. The van der Waals surface area contributed by atoms with Crippen molar-refractivity contribution in [1.82, 2.24) is 4.90 Å². The summed E-state index contributed by atoms with van der Waals surface area (Å²) in [5.74, 6) is -2.30. The number of aliphatic carboxylic acids is 1. The van der Waals surface area contributed by atoms with Crippen LogP contribution in [0, 0.1) is 29.6 Å². The molecule has 0 aromatic rings. The molecular formula is C25H35NO6. The average molecular weight is 446 g/mol. The van der Waals surface area contributed by atoms with E-state index in [2.05, 4.69) is 19.1 Å². The van der Waals surface area contributed by atoms with Gasteiger partial charge in [-0.1, -0.05) is 51.8 Å². The van der Waals surface area contributed by atoms with Gasteiger partial charge in [-0.25, -0.2) is 4.79 Å². The van der Waals surface area contributed by atoms with E-state index in [4.69, 9.17) is 0 Å². The Balaban J connectivity index is 1.85. The number of amides is 1. The number of nitrogens with zero attached hydrogens (tertiary/aromatic N) is 1. The Hall–Kier alpha value is -2.41. The zero-order valence-corrected chi connectivity index (χ0v) is 19.3. The van der Waals surface area contributed by atoms with Gasteiger partial charge in [0.15, 0.2) is 11.4 Å². The first-order valence-electron chi connectivity index (χ1n) is 11.6. The Morgan fingerprint density at radius 1 is 1.22 bits per heavy atom. The molecule has 3 N–H and O–H groups in total. The molecule has 2 aliphatic carbocycles. The van der Waals surface area contributed by atoms with E-state index in [0.717, 1.165) is 17.7 Å². The van der Waals surface area contributed by atoms with Crippen molar-refractivity contribution in [2.75, 3.05) is 7.05 Å². The highest BCUT2D eigenvalue weighted by Gasteiger charge is 2.50. The van der Waals surface area contributed by atoms with E-state index in [1.807, 2.05) is 6.08 Å². The molecule has 7 heteroatoms. The zero-order chi connectivity index (χ0) is 23.8. The van der Waals surface area contributed by atoms with Gasteiger partial charge in [-0.3, -0.25) is 9.59 Å². The van der Waals surface area contributed by atoms with Gasteiger partial charge in [-0.05, 0) is 48.5 Å². The molecule has 1 saturated carbocycles. The maximum atomic E-state index is 13.0. The minimum absolute atomic E-state index is 0.214. The summed E-state index contributed by atoms with van der Waals surface area (Å²) in [7, 11) is 1.39. The highest BCUT2D eigenvalue weighted by atomic mass is 16.4. The molecular weight excluding hydrogens is 410 g/mol. The lowest BCUT2D eigenvalue weighted by Crippen LogP contribution is -2.49. The van der Waals surface area contributed by atoms with E-state index in [1.165, 1.54) is 26.0 Å². The van der Waals surface area contributed by atoms with Crippen molar-refractivity contribution in [2.24, 2.45) is 29.6 Å². The van der Waals surface area contributed by atoms with Crippen LogP contribution in [0.4, 0.5) is 0 Å². The monoisotopic (exact) mass is 445 g/mol. The summed E-state index contributed by atoms with van der Waals surface area (Å²) >= 11 is 0. The zero-order valence-electron chi connectivity index (χ0n) is 19.3. The van der Waals surface area contributed by atoms with E-state index < -0.39 is 47.4 Å². The van der Waals surface area contributed by atoms with Crippen LogP contribution in [0.15, 0.2) is 35.6 Å². The number of rotatable bonds is 6. The van der Waals surface area contributed by atoms with E-state index in [0.29, 0.717) is 17.8 Å². The van der Waals surface area contributed by atoms with Crippen molar-refractivity contribution in [3.63, 3.8) is 0 Å². The summed E-state index contributed by atoms with van der Waals surface area (Å²) in [6.45, 7) is 5.23. The molecule has 0 spiro atoms. The number of likely N-dealkylation sites (tertiary alicyclic amines) is 1. The number of carbonyl (C=O) groups excluding carboxylic acids is 2. The Morgan fingerprint density at radius 2 is 1.88 bits per heavy atom. The van der Waals surface area contributed by atoms with Gasteiger partial charge in [0, 0.05) is 13.5 Å². The Labute approximate surface area is 189 Å². The number of hydrogen-bond acceptors (Lipinski definition) is 5. The number of Topliss-reactive ketones (excluding diaryl/α,β-unsaturated/α-hetero) is 1. The topological polar surface area (TPSA) is 115 Å². The normalized spacial score (nSPS) is 34.2. The molecule has 3 aliphatic rings. The Kier molecular flexibility index (Phi) is 6.98. The van der Waals surface area contributed by atoms with Gasteiger partial charge in [0.05, 0.1) is 6.04 Å². The third kappa shape index (κ3) is 4.27. The van der Waals surface area contributed by atoms with E-state index in [-0.39, 0.29) is 11.5 Å². The summed E-state index contributed by atoms with van der Waals surface area (Å²) in [4.78, 5) is 38.5. The number of carbonyl (C=O) groups is 3. The Bertz CT molecular complexity index is 872. The smallest absolute Gasteiger partial charge is 0.336 e. The average Bonchev–Trinajstić information content (AvgIpc) is 2.95. The van der Waals surface area contributed by atoms with Crippen LogP contribution in [-0.4, -0.2) is 56.6 Å². The van der Waals surface area contributed by atoms with Gasteiger partial charge >= 0.3 is 5.97 Å². The lowest BCUT2D eigenvalue weighted by Gasteiger charge is -2.40. The molecule has 1 amide bonds. The largest absolute Gasteiger partial charge is 0.507 e. The molecule has 0 aromatic heterocycles. The number of allylic oxidation sites excluding steroid dienone is 4. The van der Waals surface area contributed by atoms with E-state index >= 15 is 0 Å². The lowest BCUT2D eigenvalue weighted by molar-refractivity contribution is -0.166. The molecule has 32 heavy (non-hydrogen) atoms. The second kappa shape index (κ2) is 9.22. The fraction of sp³-hybridized carbons (Fsp3) is 0.640. The van der Waals surface area contributed by atoms with E-state index in [1.54, 1.807) is 13.8 Å². The first kappa shape index (κ1) is 24.2. The molecule has 176 valence electrons. The van der Waals surface area contributed by atoms with E-state index in [9.17, 15) is 29.7 Å². The number of hydrogen-bond donors (Lipinski definition) is 3. The van der Waals surface area contributed by atoms with Gasteiger partial charge in [0.2, 0.25) is 0 Å². The standard InChI is InChI=1S/C25H35NO6/c1-14(2)25(32,24(30)31)13-19-22(28)21(23(29)26(19)4)20(27)12-11-17-15(3)9-10-16-7-5-6-8-18(16)17/h9-12,14-19,27,32H,5-8,13H2,1-4H3,(H,30,31). The fourth-order valence-electron chi connectivity index (χ4n) is 5.44. The maximum Gasteiger partial charge on any atom is 0.336 e. The first-order valence-corrected chi connectivity index (χ1v) is 11.6. The molecule has 6 unspecified atom stereocenters. The molecule has 1 aliphatic heterocycles. The van der Waals surface area contributed by atoms with Crippen LogP contribution in [0.1, 0.15) is 52.9 Å². The van der Waals surface area contributed by atoms with Crippen LogP contribution in [0.2, 0.25) is 0 Å². The molecule has 0 radical (unpaired) electrons. The number of ketones is 1. The lowest BCUT2D eigenvalue weighted by atomic mass is 9.65. The molecule has 2 fully saturated rings. The number of carboxylic acids is 1. The highest BCUT2D eigenvalue weighted by Crippen LogP contribution is 2.43. The van der Waals surface area contributed by atoms with Crippen LogP contribution in [0.25, 0.3) is 0 Å². The molecule has 6 atom stereocenters. The van der Waals surface area contributed by atoms with Crippen molar-refractivity contribution in [1.29, 1.82) is 0 Å². The van der Waals surface area contributed by atoms with Crippen molar-refractivity contribution in [2.45, 2.75) is 64.5 Å². The third-order valence-corrected chi connectivity index (χ3v) is 7.75. The molecule has 0 bridgehead atoms. The molecule has 1 saturated heterocycles. The summed E-state index contributed by atoms with van der Waals surface area (Å²) in [6.07, 6.45) is 12.1.